The van der Waals surface area contributed by atoms with Crippen LogP contribution in [0.5, 0.6) is 0 Å². The summed E-state index contributed by atoms with van der Waals surface area (Å²) in [5, 5.41) is 0. The third-order valence-corrected chi connectivity index (χ3v) is 8.87. The first kappa shape index (κ1) is 53.8. The molecule has 0 spiro atoms. The normalized spacial score (nSPS) is 13.2. The third kappa shape index (κ3) is 42.9. The largest absolute Gasteiger partial charge is 0.462 e. The van der Waals surface area contributed by atoms with Gasteiger partial charge < -0.3 is 14.2 Å². The number of rotatable bonds is 38. The summed E-state index contributed by atoms with van der Waals surface area (Å²) in [7, 11) is 0. The molecule has 0 aromatic rings. The predicted molar refractivity (Wildman–Crippen MR) is 246 cm³/mol. The first-order valence-corrected chi connectivity index (χ1v) is 22.6. The zero-order valence-electron chi connectivity index (χ0n) is 36.8. The summed E-state index contributed by atoms with van der Waals surface area (Å²) in [5.41, 5.74) is 0. The van der Waals surface area contributed by atoms with E-state index in [1.54, 1.807) is 6.08 Å². The number of hydrogen-bond donors (Lipinski definition) is 0. The van der Waals surface area contributed by atoms with Crippen LogP contribution < -0.4 is 0 Å². The summed E-state index contributed by atoms with van der Waals surface area (Å²) < 4.78 is 16.5. The van der Waals surface area contributed by atoms with Gasteiger partial charge in [0.2, 0.25) is 0 Å². The van der Waals surface area contributed by atoms with E-state index in [0.29, 0.717) is 12.8 Å². The minimum atomic E-state index is -0.844. The lowest BCUT2D eigenvalue weighted by atomic mass is 10.1. The molecule has 0 aliphatic heterocycles. The van der Waals surface area contributed by atoms with Crippen LogP contribution in [-0.4, -0.2) is 37.2 Å². The Hall–Kier alpha value is -4.19. The summed E-state index contributed by atoms with van der Waals surface area (Å²) in [5.74, 6) is -1.14. The molecule has 6 heteroatoms. The van der Waals surface area contributed by atoms with Gasteiger partial charge in [-0.1, -0.05) is 194 Å². The summed E-state index contributed by atoms with van der Waals surface area (Å²) in [6.07, 6.45) is 62.2. The highest BCUT2D eigenvalue weighted by Crippen LogP contribution is 2.11. The molecule has 0 saturated heterocycles. The molecule has 6 nitrogen and oxygen atoms in total. The molecular formula is C52H80O6. The number of unbranched alkanes of at least 4 members (excludes halogenated alkanes) is 13. The monoisotopic (exact) mass is 801 g/mol. The standard InChI is InChI=1S/C52H80O6/c1-4-7-10-13-16-19-21-23-24-25-26-27-29-30-33-36-39-42-45-51(54)57-48-49(47-56-50(53)44-41-38-35-32-18-15-12-9-6-3)58-52(55)46-43-40-37-34-31-28-22-20-17-14-11-8-5-2/h8-9,11-12,14,17-18,20-28,31-32,38,41,49H,4-7,10,13,15-16,19,29-30,33-37,39-40,42-48H2,1-3H3/b11-8-,12-9-,17-14-,22-20-,23-21-,25-24-,27-26-,31-28-,32-18-,41-38-. The highest BCUT2D eigenvalue weighted by molar-refractivity contribution is 5.72. The van der Waals surface area contributed by atoms with Crippen LogP contribution in [0.3, 0.4) is 0 Å². The van der Waals surface area contributed by atoms with Crippen molar-refractivity contribution in [3.8, 4) is 0 Å². The van der Waals surface area contributed by atoms with Crippen molar-refractivity contribution >= 4 is 17.9 Å². The lowest BCUT2D eigenvalue weighted by molar-refractivity contribution is -0.166. The van der Waals surface area contributed by atoms with Gasteiger partial charge in [0.25, 0.3) is 0 Å². The molecule has 0 rings (SSSR count). The topological polar surface area (TPSA) is 78.9 Å². The van der Waals surface area contributed by atoms with Crippen LogP contribution in [0.2, 0.25) is 0 Å². The number of allylic oxidation sites excluding steroid dienone is 19. The second-order valence-electron chi connectivity index (χ2n) is 14.4. The van der Waals surface area contributed by atoms with E-state index < -0.39 is 12.1 Å². The molecule has 1 atom stereocenters. The molecule has 0 N–H and O–H groups in total. The summed E-state index contributed by atoms with van der Waals surface area (Å²) >= 11 is 0. The molecule has 0 aromatic heterocycles. The summed E-state index contributed by atoms with van der Waals surface area (Å²) in [4.78, 5) is 37.6. The van der Waals surface area contributed by atoms with Gasteiger partial charge in [0, 0.05) is 12.8 Å². The average Bonchev–Trinajstić information content (AvgIpc) is 3.22. The van der Waals surface area contributed by atoms with E-state index in [1.165, 1.54) is 32.1 Å². The molecule has 324 valence electrons. The number of carbonyl (C=O) groups excluding carboxylic acids is 3. The fourth-order valence-electron chi connectivity index (χ4n) is 5.51. The molecular weight excluding hydrogens is 721 g/mol. The SMILES string of the molecule is CC\C=C/C=C\C=C/C=C\CCCCCC(=O)OC(COC(=O)C/C=C\C/C=C\C/C=C\CC)COC(=O)CCCCCCC\C=C/C=C\C=C/CCCCCCC. The van der Waals surface area contributed by atoms with Gasteiger partial charge in [-0.05, 0) is 77.0 Å². The molecule has 0 aliphatic carbocycles. The van der Waals surface area contributed by atoms with Crippen LogP contribution >= 0.6 is 0 Å². The molecule has 58 heavy (non-hydrogen) atoms. The molecule has 0 fully saturated rings. The first-order chi connectivity index (χ1) is 28.5. The maximum atomic E-state index is 12.7. The highest BCUT2D eigenvalue weighted by atomic mass is 16.6. The molecule has 0 bridgehead atoms. The smallest absolute Gasteiger partial charge is 0.309 e. The molecule has 0 saturated carbocycles. The fourth-order valence-corrected chi connectivity index (χ4v) is 5.51. The Balaban J connectivity index is 4.53. The van der Waals surface area contributed by atoms with Crippen molar-refractivity contribution in [2.24, 2.45) is 0 Å². The van der Waals surface area contributed by atoms with Crippen molar-refractivity contribution < 1.29 is 28.6 Å². The first-order valence-electron chi connectivity index (χ1n) is 22.6. The quantitative estimate of drug-likeness (QED) is 0.0203. The molecule has 0 aromatic carbocycles. The van der Waals surface area contributed by atoms with E-state index in [9.17, 15) is 14.4 Å². The van der Waals surface area contributed by atoms with Gasteiger partial charge in [-0.25, -0.2) is 0 Å². The van der Waals surface area contributed by atoms with Crippen LogP contribution in [0, 0.1) is 0 Å². The summed E-state index contributed by atoms with van der Waals surface area (Å²) in [6, 6.07) is 0. The van der Waals surface area contributed by atoms with Gasteiger partial charge in [-0.15, -0.1) is 0 Å². The third-order valence-electron chi connectivity index (χ3n) is 8.87. The van der Waals surface area contributed by atoms with Crippen molar-refractivity contribution in [3.05, 3.63) is 122 Å². The van der Waals surface area contributed by atoms with Crippen molar-refractivity contribution in [3.63, 3.8) is 0 Å². The highest BCUT2D eigenvalue weighted by Gasteiger charge is 2.19. The van der Waals surface area contributed by atoms with E-state index in [-0.39, 0.29) is 38.0 Å². The van der Waals surface area contributed by atoms with Crippen LogP contribution in [0.4, 0.5) is 0 Å². The van der Waals surface area contributed by atoms with Gasteiger partial charge in [0.15, 0.2) is 6.10 Å². The van der Waals surface area contributed by atoms with E-state index >= 15 is 0 Å². The summed E-state index contributed by atoms with van der Waals surface area (Å²) in [6.45, 7) is 6.17. The molecule has 0 aliphatic rings. The number of esters is 3. The van der Waals surface area contributed by atoms with Crippen molar-refractivity contribution in [1.82, 2.24) is 0 Å². The average molecular weight is 801 g/mol. The number of ether oxygens (including phenoxy) is 3. The molecule has 1 unspecified atom stereocenters. The number of carbonyl (C=O) groups is 3. The van der Waals surface area contributed by atoms with Crippen LogP contribution in [0.15, 0.2) is 122 Å². The van der Waals surface area contributed by atoms with E-state index in [1.807, 2.05) is 42.5 Å². The zero-order chi connectivity index (χ0) is 42.3. The Morgan fingerprint density at radius 1 is 0.397 bits per heavy atom. The second-order valence-corrected chi connectivity index (χ2v) is 14.4. The van der Waals surface area contributed by atoms with Crippen LogP contribution in [0.25, 0.3) is 0 Å². The molecule has 0 radical (unpaired) electrons. The predicted octanol–water partition coefficient (Wildman–Crippen LogP) is 14.6. The maximum absolute atomic E-state index is 12.7. The molecule has 0 amide bonds. The minimum absolute atomic E-state index is 0.117. The fraction of sp³-hybridized carbons (Fsp3) is 0.558. The zero-order valence-corrected chi connectivity index (χ0v) is 36.8. The Labute approximate surface area is 354 Å². The van der Waals surface area contributed by atoms with E-state index in [4.69, 9.17) is 14.2 Å². The van der Waals surface area contributed by atoms with E-state index in [2.05, 4.69) is 93.7 Å². The van der Waals surface area contributed by atoms with Crippen LogP contribution in [0.1, 0.15) is 168 Å². The van der Waals surface area contributed by atoms with Gasteiger partial charge in [-0.3, -0.25) is 14.4 Å². The maximum Gasteiger partial charge on any atom is 0.309 e. The van der Waals surface area contributed by atoms with E-state index in [0.717, 1.165) is 89.9 Å². The van der Waals surface area contributed by atoms with Gasteiger partial charge >= 0.3 is 17.9 Å². The van der Waals surface area contributed by atoms with Gasteiger partial charge in [-0.2, -0.15) is 0 Å². The number of hydrogen-bond acceptors (Lipinski definition) is 6. The Kier molecular flexibility index (Phi) is 42.2. The lowest BCUT2D eigenvalue weighted by Gasteiger charge is -2.18. The molecule has 0 heterocycles. The minimum Gasteiger partial charge on any atom is -0.462 e. The van der Waals surface area contributed by atoms with Crippen molar-refractivity contribution in [1.29, 1.82) is 0 Å². The Morgan fingerprint density at radius 2 is 0.810 bits per heavy atom. The van der Waals surface area contributed by atoms with Crippen LogP contribution in [-0.2, 0) is 28.6 Å². The lowest BCUT2D eigenvalue weighted by Crippen LogP contribution is -2.30. The van der Waals surface area contributed by atoms with Gasteiger partial charge in [0.1, 0.15) is 13.2 Å². The second kappa shape index (κ2) is 45.5. The van der Waals surface area contributed by atoms with Crippen molar-refractivity contribution in [2.75, 3.05) is 13.2 Å². The van der Waals surface area contributed by atoms with Crippen molar-refractivity contribution in [2.45, 2.75) is 175 Å². The Bertz CT molecular complexity index is 1290. The Morgan fingerprint density at radius 3 is 1.36 bits per heavy atom. The van der Waals surface area contributed by atoms with Gasteiger partial charge in [0.05, 0.1) is 6.42 Å².